The number of piperidine rings is 1. The molecule has 2 N–H and O–H groups in total. The van der Waals surface area contributed by atoms with Crippen molar-refractivity contribution in [3.05, 3.63) is 46.5 Å². The Labute approximate surface area is 207 Å². The van der Waals surface area contributed by atoms with Crippen LogP contribution in [0.1, 0.15) is 37.3 Å². The monoisotopic (exact) mass is 504 g/mol. The average molecular weight is 505 g/mol. The topological polar surface area (TPSA) is 95.4 Å². The number of rotatable bonds is 8. The fourth-order valence-corrected chi connectivity index (χ4v) is 5.26. The first-order valence-corrected chi connectivity index (χ1v) is 11.9. The number of ether oxygens (including phenoxy) is 3. The Bertz CT molecular complexity index is 1120. The highest BCUT2D eigenvalue weighted by atomic mass is 35.5. The second-order valence-corrected chi connectivity index (χ2v) is 9.27. The van der Waals surface area contributed by atoms with Crippen LogP contribution in [0.3, 0.4) is 0 Å². The van der Waals surface area contributed by atoms with Gasteiger partial charge in [0.2, 0.25) is 5.95 Å². The van der Waals surface area contributed by atoms with E-state index in [1.54, 1.807) is 24.7 Å². The highest BCUT2D eigenvalue weighted by Gasteiger charge is 2.34. The highest BCUT2D eigenvalue weighted by Crippen LogP contribution is 2.40. The van der Waals surface area contributed by atoms with Crippen molar-refractivity contribution >= 4 is 34.8 Å². The summed E-state index contributed by atoms with van der Waals surface area (Å²) in [7, 11) is 3.05. The van der Waals surface area contributed by atoms with Crippen molar-refractivity contribution in [2.45, 2.75) is 50.4 Å². The SMILES string of the molecule is COc1cc(OC)c(Cl)c(COc2cnc(Nc3cnn(C4C[C@H]5CC[C@@H](C4)N5)c3)nc2)c1Cl. The van der Waals surface area contributed by atoms with E-state index >= 15 is 0 Å². The lowest BCUT2D eigenvalue weighted by molar-refractivity contribution is 0.281. The van der Waals surface area contributed by atoms with E-state index in [1.807, 2.05) is 6.20 Å². The number of aromatic nitrogens is 4. The van der Waals surface area contributed by atoms with Gasteiger partial charge in [0.1, 0.15) is 18.1 Å². The smallest absolute Gasteiger partial charge is 0.227 e. The van der Waals surface area contributed by atoms with Crippen molar-refractivity contribution in [2.24, 2.45) is 0 Å². The summed E-state index contributed by atoms with van der Waals surface area (Å²) in [5, 5.41) is 12.2. The Morgan fingerprint density at radius 3 is 2.29 bits per heavy atom. The normalized spacial score (nSPS) is 21.4. The van der Waals surface area contributed by atoms with Crippen LogP contribution in [0.15, 0.2) is 30.9 Å². The zero-order valence-electron chi connectivity index (χ0n) is 18.9. The highest BCUT2D eigenvalue weighted by molar-refractivity contribution is 6.37. The van der Waals surface area contributed by atoms with Gasteiger partial charge in [-0.1, -0.05) is 23.2 Å². The molecule has 2 aliphatic rings. The first-order chi connectivity index (χ1) is 16.5. The van der Waals surface area contributed by atoms with Gasteiger partial charge in [0, 0.05) is 29.9 Å². The number of methoxy groups -OCH3 is 2. The van der Waals surface area contributed by atoms with E-state index < -0.39 is 0 Å². The van der Waals surface area contributed by atoms with E-state index in [4.69, 9.17) is 37.4 Å². The molecule has 0 spiro atoms. The van der Waals surface area contributed by atoms with Crippen LogP contribution in [-0.2, 0) is 6.61 Å². The molecule has 2 fully saturated rings. The molecular formula is C23H26Cl2N6O3. The average Bonchev–Trinajstić information content (AvgIpc) is 3.45. The van der Waals surface area contributed by atoms with Crippen LogP contribution >= 0.6 is 23.2 Å². The molecule has 0 saturated carbocycles. The third-order valence-electron chi connectivity index (χ3n) is 6.36. The molecule has 2 aliphatic heterocycles. The summed E-state index contributed by atoms with van der Waals surface area (Å²) in [6, 6.07) is 3.29. The van der Waals surface area contributed by atoms with Gasteiger partial charge >= 0.3 is 0 Å². The minimum atomic E-state index is 0.104. The summed E-state index contributed by atoms with van der Waals surface area (Å²) in [6.45, 7) is 0.104. The van der Waals surface area contributed by atoms with Crippen LogP contribution in [0.2, 0.25) is 10.0 Å². The summed E-state index contributed by atoms with van der Waals surface area (Å²) in [4.78, 5) is 8.69. The zero-order chi connectivity index (χ0) is 23.7. The zero-order valence-corrected chi connectivity index (χ0v) is 20.4. The maximum atomic E-state index is 6.40. The number of fused-ring (bicyclic) bond motifs is 2. The molecule has 9 nitrogen and oxygen atoms in total. The van der Waals surface area contributed by atoms with Gasteiger partial charge in [-0.15, -0.1) is 0 Å². The van der Waals surface area contributed by atoms with Crippen molar-refractivity contribution < 1.29 is 14.2 Å². The Morgan fingerprint density at radius 1 is 1.03 bits per heavy atom. The molecular weight excluding hydrogens is 479 g/mol. The fraction of sp³-hybridized carbons (Fsp3) is 0.435. The molecule has 1 aromatic carbocycles. The van der Waals surface area contributed by atoms with Gasteiger partial charge in [0.15, 0.2) is 5.75 Å². The van der Waals surface area contributed by atoms with E-state index in [0.29, 0.717) is 56.9 Å². The van der Waals surface area contributed by atoms with Gasteiger partial charge in [-0.3, -0.25) is 4.68 Å². The van der Waals surface area contributed by atoms with Crippen molar-refractivity contribution in [3.63, 3.8) is 0 Å². The number of nitrogens with zero attached hydrogens (tertiary/aromatic N) is 4. The van der Waals surface area contributed by atoms with Crippen molar-refractivity contribution in [2.75, 3.05) is 19.5 Å². The minimum Gasteiger partial charge on any atom is -0.495 e. The molecule has 0 radical (unpaired) electrons. The molecule has 0 aliphatic carbocycles. The number of benzene rings is 1. The van der Waals surface area contributed by atoms with Gasteiger partial charge in [0.05, 0.1) is 54.6 Å². The van der Waals surface area contributed by atoms with E-state index in [9.17, 15) is 0 Å². The van der Waals surface area contributed by atoms with Crippen LogP contribution < -0.4 is 24.8 Å². The Hall–Kier alpha value is -2.75. The standard InChI is InChI=1S/C23H26Cl2N6O3/c1-32-19-7-20(33-2)22(25)18(21(19)24)12-34-17-9-26-23(27-10-17)30-15-8-28-31(11-15)16-5-13-3-4-14(6-16)29-13/h7-11,13-14,16,29H,3-6,12H2,1-2H3,(H,26,27,30)/t13-,14+,16?. The van der Waals surface area contributed by atoms with Crippen LogP contribution in [0.25, 0.3) is 0 Å². The largest absolute Gasteiger partial charge is 0.495 e. The molecule has 3 atom stereocenters. The van der Waals surface area contributed by atoms with Crippen molar-refractivity contribution in [1.29, 1.82) is 0 Å². The molecule has 1 unspecified atom stereocenters. The predicted molar refractivity (Wildman–Crippen MR) is 130 cm³/mol. The van der Waals surface area contributed by atoms with Gasteiger partial charge in [0.25, 0.3) is 0 Å². The number of anilines is 2. The number of hydrogen-bond acceptors (Lipinski definition) is 8. The summed E-state index contributed by atoms with van der Waals surface area (Å²) in [5.74, 6) is 1.83. The summed E-state index contributed by atoms with van der Waals surface area (Å²) in [6.07, 6.45) is 11.8. The van der Waals surface area contributed by atoms with Gasteiger partial charge < -0.3 is 24.8 Å². The summed E-state index contributed by atoms with van der Waals surface area (Å²) >= 11 is 12.8. The maximum Gasteiger partial charge on any atom is 0.227 e. The third kappa shape index (κ3) is 4.73. The molecule has 3 aromatic rings. The Balaban J connectivity index is 1.21. The molecule has 34 heavy (non-hydrogen) atoms. The van der Waals surface area contributed by atoms with E-state index in [2.05, 4.69) is 30.4 Å². The summed E-state index contributed by atoms with van der Waals surface area (Å²) in [5.41, 5.74) is 1.40. The van der Waals surface area contributed by atoms with Crippen molar-refractivity contribution in [1.82, 2.24) is 25.1 Å². The van der Waals surface area contributed by atoms with Crippen LogP contribution in [0, 0.1) is 0 Å². The second kappa shape index (κ2) is 9.85. The van der Waals surface area contributed by atoms with E-state index in [1.165, 1.54) is 27.1 Å². The third-order valence-corrected chi connectivity index (χ3v) is 7.18. The fourth-order valence-electron chi connectivity index (χ4n) is 4.65. The van der Waals surface area contributed by atoms with Crippen molar-refractivity contribution in [3.8, 4) is 17.2 Å². The number of halogens is 2. The lowest BCUT2D eigenvalue weighted by Gasteiger charge is -2.29. The lowest BCUT2D eigenvalue weighted by Crippen LogP contribution is -2.38. The first-order valence-electron chi connectivity index (χ1n) is 11.1. The first kappa shape index (κ1) is 23.0. The molecule has 180 valence electrons. The molecule has 0 amide bonds. The molecule has 2 aromatic heterocycles. The Morgan fingerprint density at radius 2 is 1.68 bits per heavy atom. The number of hydrogen-bond donors (Lipinski definition) is 2. The molecule has 5 rings (SSSR count). The maximum absolute atomic E-state index is 6.40. The lowest BCUT2D eigenvalue weighted by atomic mass is 10.0. The van der Waals surface area contributed by atoms with Crippen LogP contribution in [0.4, 0.5) is 11.6 Å². The van der Waals surface area contributed by atoms with Gasteiger partial charge in [-0.25, -0.2) is 9.97 Å². The quantitative estimate of drug-likeness (QED) is 0.452. The predicted octanol–water partition coefficient (Wildman–Crippen LogP) is 4.78. The van der Waals surface area contributed by atoms with Crippen LogP contribution in [0.5, 0.6) is 17.2 Å². The summed E-state index contributed by atoms with van der Waals surface area (Å²) < 4.78 is 18.5. The molecule has 4 heterocycles. The molecule has 2 bridgehead atoms. The van der Waals surface area contributed by atoms with Gasteiger partial charge in [-0.05, 0) is 25.7 Å². The Kier molecular flexibility index (Phi) is 6.67. The number of nitrogens with one attached hydrogen (secondary N) is 2. The minimum absolute atomic E-state index is 0.104. The van der Waals surface area contributed by atoms with Crippen LogP contribution in [-0.4, -0.2) is 46.1 Å². The molecule has 2 saturated heterocycles. The molecule has 11 heteroatoms. The van der Waals surface area contributed by atoms with E-state index in [0.717, 1.165) is 18.5 Å². The second-order valence-electron chi connectivity index (χ2n) is 8.52. The van der Waals surface area contributed by atoms with E-state index in [-0.39, 0.29) is 6.61 Å². The van der Waals surface area contributed by atoms with Gasteiger partial charge in [-0.2, -0.15) is 5.10 Å².